The molecule has 0 aliphatic carbocycles. The molecule has 2 aromatic rings. The van der Waals surface area contributed by atoms with Crippen LogP contribution < -0.4 is 5.56 Å². The van der Waals surface area contributed by atoms with E-state index in [2.05, 4.69) is 5.10 Å². The van der Waals surface area contributed by atoms with E-state index in [1.165, 1.54) is 10.9 Å². The number of hydrogen-bond donors (Lipinski definition) is 1. The van der Waals surface area contributed by atoms with Gasteiger partial charge in [0.15, 0.2) is 5.65 Å². The van der Waals surface area contributed by atoms with Crippen LogP contribution >= 0.6 is 0 Å². The minimum absolute atomic E-state index is 0.147. The van der Waals surface area contributed by atoms with Crippen molar-refractivity contribution in [3.63, 3.8) is 0 Å². The van der Waals surface area contributed by atoms with E-state index in [0.29, 0.717) is 12.6 Å². The second kappa shape index (κ2) is 6.05. The molecule has 2 rings (SSSR count). The minimum Gasteiger partial charge on any atom is -0.481 e. The van der Waals surface area contributed by atoms with E-state index >= 15 is 0 Å². The highest BCUT2D eigenvalue weighted by Crippen LogP contribution is 2.33. The zero-order valence-electron chi connectivity index (χ0n) is 12.6. The van der Waals surface area contributed by atoms with Crippen LogP contribution in [0.25, 0.3) is 11.0 Å². The Morgan fingerprint density at radius 2 is 2.04 bits per heavy atom. The molecule has 0 radical (unpaired) electrons. The Bertz CT molecular complexity index is 790. The van der Waals surface area contributed by atoms with Gasteiger partial charge in [0.1, 0.15) is 0 Å². The first-order chi connectivity index (χ1) is 10.6. The molecule has 0 aliphatic heterocycles. The van der Waals surface area contributed by atoms with Crippen molar-refractivity contribution in [3.8, 4) is 0 Å². The van der Waals surface area contributed by atoms with Gasteiger partial charge in [0, 0.05) is 30.7 Å². The fourth-order valence-corrected chi connectivity index (χ4v) is 2.31. The van der Waals surface area contributed by atoms with Gasteiger partial charge in [0.05, 0.1) is 12.0 Å². The molecule has 0 spiro atoms. The lowest BCUT2D eigenvalue weighted by atomic mass is 10.2. The zero-order chi connectivity index (χ0) is 17.4. The standard InChI is InChI=1S/C14H16F3N3O3/c1-8(2)6-19-7-9-10(14(15,16)17)5-11(21)20(13(9)18-19)4-3-12(22)23/h5,7-8H,3-4,6H2,1-2H3,(H,22,23). The molecule has 126 valence electrons. The fraction of sp³-hybridized carbons (Fsp3) is 0.500. The molecule has 0 fully saturated rings. The van der Waals surface area contributed by atoms with Gasteiger partial charge in [0.2, 0.25) is 0 Å². The molecule has 0 aromatic carbocycles. The number of carboxylic acid groups (broad SMARTS) is 1. The maximum atomic E-state index is 13.1. The van der Waals surface area contributed by atoms with Gasteiger partial charge in [-0.2, -0.15) is 18.3 Å². The van der Waals surface area contributed by atoms with E-state index in [1.807, 2.05) is 13.8 Å². The van der Waals surface area contributed by atoms with Crippen molar-refractivity contribution in [2.24, 2.45) is 5.92 Å². The number of rotatable bonds is 5. The van der Waals surface area contributed by atoms with E-state index in [0.717, 1.165) is 4.57 Å². The van der Waals surface area contributed by atoms with Crippen LogP contribution in [0.2, 0.25) is 0 Å². The van der Waals surface area contributed by atoms with Crippen LogP contribution in [0.1, 0.15) is 25.8 Å². The predicted molar refractivity (Wildman–Crippen MR) is 76.1 cm³/mol. The molecule has 2 aromatic heterocycles. The Labute approximate surface area is 129 Å². The summed E-state index contributed by atoms with van der Waals surface area (Å²) in [6, 6.07) is 0.492. The minimum atomic E-state index is -4.69. The first-order valence-electron chi connectivity index (χ1n) is 6.99. The lowest BCUT2D eigenvalue weighted by molar-refractivity contribution is -0.138. The number of nitrogens with zero attached hydrogens (tertiary/aromatic N) is 3. The van der Waals surface area contributed by atoms with Gasteiger partial charge in [-0.05, 0) is 5.92 Å². The third-order valence-corrected chi connectivity index (χ3v) is 3.23. The average molecular weight is 331 g/mol. The Morgan fingerprint density at radius 3 is 2.57 bits per heavy atom. The van der Waals surface area contributed by atoms with Crippen molar-refractivity contribution in [3.05, 3.63) is 28.2 Å². The van der Waals surface area contributed by atoms with Crippen molar-refractivity contribution in [1.82, 2.24) is 14.3 Å². The molecule has 0 aliphatic rings. The molecule has 2 heterocycles. The summed E-state index contributed by atoms with van der Waals surface area (Å²) in [5.74, 6) is -0.996. The number of hydrogen-bond acceptors (Lipinski definition) is 3. The van der Waals surface area contributed by atoms with Gasteiger partial charge in [-0.3, -0.25) is 18.8 Å². The number of pyridine rings is 1. The van der Waals surface area contributed by atoms with Crippen LogP contribution in [0.4, 0.5) is 13.2 Å². The number of alkyl halides is 3. The zero-order valence-corrected chi connectivity index (χ0v) is 12.6. The highest BCUT2D eigenvalue weighted by atomic mass is 19.4. The van der Waals surface area contributed by atoms with Crippen molar-refractivity contribution in [2.45, 2.75) is 39.5 Å². The molecule has 0 amide bonds. The molecular weight excluding hydrogens is 315 g/mol. The van der Waals surface area contributed by atoms with Crippen molar-refractivity contribution in [1.29, 1.82) is 0 Å². The number of halogens is 3. The highest BCUT2D eigenvalue weighted by molar-refractivity contribution is 5.79. The van der Waals surface area contributed by atoms with Gasteiger partial charge >= 0.3 is 12.1 Å². The number of carboxylic acids is 1. The number of fused-ring (bicyclic) bond motifs is 1. The van der Waals surface area contributed by atoms with Gasteiger partial charge in [-0.25, -0.2) is 0 Å². The summed E-state index contributed by atoms with van der Waals surface area (Å²) in [5.41, 5.74) is -2.12. The average Bonchev–Trinajstić information content (AvgIpc) is 2.77. The van der Waals surface area contributed by atoms with Gasteiger partial charge < -0.3 is 5.11 Å². The monoisotopic (exact) mass is 331 g/mol. The molecule has 0 bridgehead atoms. The Hall–Kier alpha value is -2.32. The summed E-state index contributed by atoms with van der Waals surface area (Å²) in [6.07, 6.45) is -3.82. The topological polar surface area (TPSA) is 77.1 Å². The van der Waals surface area contributed by atoms with E-state index in [1.54, 1.807) is 0 Å². The van der Waals surface area contributed by atoms with Crippen molar-refractivity contribution in [2.75, 3.05) is 0 Å². The molecular formula is C14H16F3N3O3. The highest BCUT2D eigenvalue weighted by Gasteiger charge is 2.35. The molecule has 1 N–H and O–H groups in total. The van der Waals surface area contributed by atoms with Crippen LogP contribution in [0.15, 0.2) is 17.1 Å². The van der Waals surface area contributed by atoms with Crippen LogP contribution in [0, 0.1) is 5.92 Å². The summed E-state index contributed by atoms with van der Waals surface area (Å²) in [5, 5.41) is 12.6. The lowest BCUT2D eigenvalue weighted by Gasteiger charge is -2.10. The summed E-state index contributed by atoms with van der Waals surface area (Å²) < 4.78 is 41.7. The molecule has 0 saturated carbocycles. The first-order valence-corrected chi connectivity index (χ1v) is 6.99. The molecule has 0 unspecified atom stereocenters. The van der Waals surface area contributed by atoms with E-state index in [-0.39, 0.29) is 29.9 Å². The Balaban J connectivity index is 2.67. The van der Waals surface area contributed by atoms with E-state index < -0.39 is 23.3 Å². The fourth-order valence-electron chi connectivity index (χ4n) is 2.31. The van der Waals surface area contributed by atoms with Crippen LogP contribution in [-0.2, 0) is 24.1 Å². The number of aliphatic carboxylic acids is 1. The summed E-state index contributed by atoms with van der Waals surface area (Å²) in [6.45, 7) is 3.92. The largest absolute Gasteiger partial charge is 0.481 e. The number of carbonyl (C=O) groups is 1. The Kier molecular flexibility index (Phi) is 4.49. The summed E-state index contributed by atoms with van der Waals surface area (Å²) in [7, 11) is 0. The summed E-state index contributed by atoms with van der Waals surface area (Å²) >= 11 is 0. The SMILES string of the molecule is CC(C)Cn1cc2c(C(F)(F)F)cc(=O)n(CCC(=O)O)c2n1. The van der Waals surface area contributed by atoms with Crippen LogP contribution in [-0.4, -0.2) is 25.4 Å². The third kappa shape index (κ3) is 3.72. The molecule has 23 heavy (non-hydrogen) atoms. The normalized spacial score (nSPS) is 12.3. The van der Waals surface area contributed by atoms with Crippen molar-refractivity contribution >= 4 is 17.0 Å². The second-order valence-electron chi connectivity index (χ2n) is 5.67. The third-order valence-electron chi connectivity index (χ3n) is 3.23. The lowest BCUT2D eigenvalue weighted by Crippen LogP contribution is -2.24. The quantitative estimate of drug-likeness (QED) is 0.912. The predicted octanol–water partition coefficient (Wildman–Crippen LogP) is 2.35. The van der Waals surface area contributed by atoms with Gasteiger partial charge in [-0.15, -0.1) is 0 Å². The smallest absolute Gasteiger partial charge is 0.417 e. The molecule has 9 heteroatoms. The molecule has 0 saturated heterocycles. The van der Waals surface area contributed by atoms with E-state index in [9.17, 15) is 22.8 Å². The van der Waals surface area contributed by atoms with Crippen molar-refractivity contribution < 1.29 is 23.1 Å². The number of aromatic nitrogens is 3. The van der Waals surface area contributed by atoms with E-state index in [4.69, 9.17) is 5.11 Å². The maximum absolute atomic E-state index is 13.1. The number of aryl methyl sites for hydroxylation is 1. The second-order valence-corrected chi connectivity index (χ2v) is 5.67. The van der Waals surface area contributed by atoms with Gasteiger partial charge in [0.25, 0.3) is 5.56 Å². The molecule has 0 atom stereocenters. The molecule has 6 nitrogen and oxygen atoms in total. The first kappa shape index (κ1) is 17.0. The van der Waals surface area contributed by atoms with Crippen LogP contribution in [0.3, 0.4) is 0 Å². The van der Waals surface area contributed by atoms with Gasteiger partial charge in [-0.1, -0.05) is 13.8 Å². The Morgan fingerprint density at radius 1 is 1.39 bits per heavy atom. The maximum Gasteiger partial charge on any atom is 0.417 e. The summed E-state index contributed by atoms with van der Waals surface area (Å²) in [4.78, 5) is 22.6. The van der Waals surface area contributed by atoms with Crippen LogP contribution in [0.5, 0.6) is 0 Å².